The smallest absolute Gasteiger partial charge is 0.406 e. The number of rotatable bonds is 4. The Labute approximate surface area is 207 Å². The lowest BCUT2D eigenvalue weighted by molar-refractivity contribution is -0.274. The highest BCUT2D eigenvalue weighted by atomic mass is 79.9. The molecule has 0 unspecified atom stereocenters. The molecule has 186 valence electrons. The predicted octanol–water partition coefficient (Wildman–Crippen LogP) is 7.11. The predicted molar refractivity (Wildman–Crippen MR) is 119 cm³/mol. The van der Waals surface area contributed by atoms with Gasteiger partial charge >= 0.3 is 12.5 Å². The van der Waals surface area contributed by atoms with E-state index < -0.39 is 48.4 Å². The topological polar surface area (TPSA) is 68.2 Å². The summed E-state index contributed by atoms with van der Waals surface area (Å²) in [6.07, 6.45) is -9.95. The Morgan fingerprint density at radius 3 is 2.29 bits per heavy atom. The molecule has 2 heterocycles. The summed E-state index contributed by atoms with van der Waals surface area (Å²) in [4.78, 5) is 12.7. The van der Waals surface area contributed by atoms with E-state index in [4.69, 9.17) is 11.6 Å². The molecule has 1 amide bonds. The normalized spacial score (nSPS) is 17.9. The molecule has 0 spiro atoms. The van der Waals surface area contributed by atoms with Gasteiger partial charge in [-0.1, -0.05) is 39.7 Å². The van der Waals surface area contributed by atoms with E-state index >= 15 is 0 Å². The maximum atomic E-state index is 13.9. The summed E-state index contributed by atoms with van der Waals surface area (Å²) in [7, 11) is 0. The van der Waals surface area contributed by atoms with Crippen LogP contribution >= 0.6 is 27.5 Å². The summed E-state index contributed by atoms with van der Waals surface area (Å²) in [5.41, 5.74) is 0.160. The fourth-order valence-corrected chi connectivity index (χ4v) is 4.11. The highest BCUT2D eigenvalue weighted by Gasteiger charge is 2.47. The van der Waals surface area contributed by atoms with E-state index in [-0.39, 0.29) is 16.5 Å². The summed E-state index contributed by atoms with van der Waals surface area (Å²) in [6, 6.07) is 8.09. The van der Waals surface area contributed by atoms with Crippen LogP contribution in [0.15, 0.2) is 53.0 Å². The van der Waals surface area contributed by atoms with Crippen molar-refractivity contribution in [1.82, 2.24) is 9.78 Å². The van der Waals surface area contributed by atoms with Crippen molar-refractivity contribution in [3.05, 3.63) is 69.3 Å². The minimum absolute atomic E-state index is 0.0552. The second-order valence-corrected chi connectivity index (χ2v) is 8.82. The molecule has 14 heteroatoms. The number of aromatic nitrogens is 2. The van der Waals surface area contributed by atoms with E-state index in [1.165, 1.54) is 0 Å². The molecule has 0 fully saturated rings. The van der Waals surface area contributed by atoms with Gasteiger partial charge in [-0.15, -0.1) is 13.2 Å². The third kappa shape index (κ3) is 5.67. The molecule has 35 heavy (non-hydrogen) atoms. The molecule has 2 aromatic carbocycles. The number of nitrogens with one attached hydrogen (secondary N) is 2. The molecule has 0 saturated carbocycles. The van der Waals surface area contributed by atoms with Gasteiger partial charge < -0.3 is 15.4 Å². The Morgan fingerprint density at radius 1 is 1.09 bits per heavy atom. The van der Waals surface area contributed by atoms with Crippen molar-refractivity contribution < 1.29 is 35.9 Å². The summed E-state index contributed by atoms with van der Waals surface area (Å²) >= 11 is 9.54. The summed E-state index contributed by atoms with van der Waals surface area (Å²) < 4.78 is 83.7. The lowest BCUT2D eigenvalue weighted by Crippen LogP contribution is -2.35. The molecule has 0 radical (unpaired) electrons. The van der Waals surface area contributed by atoms with Crippen molar-refractivity contribution >= 4 is 44.9 Å². The molecule has 4 rings (SSSR count). The number of hydrogen-bond donors (Lipinski definition) is 2. The number of fused-ring (bicyclic) bond motifs is 1. The van der Waals surface area contributed by atoms with Crippen LogP contribution in [0.3, 0.4) is 0 Å². The van der Waals surface area contributed by atoms with E-state index in [1.54, 1.807) is 24.3 Å². The highest BCUT2D eigenvalue weighted by molar-refractivity contribution is 9.10. The zero-order valence-corrected chi connectivity index (χ0v) is 19.6. The zero-order valence-electron chi connectivity index (χ0n) is 17.2. The molecule has 2 N–H and O–H groups in total. The first kappa shape index (κ1) is 25.2. The molecule has 0 bridgehead atoms. The lowest BCUT2D eigenvalue weighted by atomic mass is 9.97. The summed E-state index contributed by atoms with van der Waals surface area (Å²) in [6.45, 7) is 0. The number of anilines is 2. The number of amides is 1. The Balaban J connectivity index is 1.60. The maximum absolute atomic E-state index is 13.9. The van der Waals surface area contributed by atoms with Crippen LogP contribution in [0, 0.1) is 0 Å². The standard InChI is InChI=1S/C21H14BrClF6N4O2/c22-11-3-1-10(2-4-11)14-9-15(20(24,25)26)33-18(31-14)16(23)17(32-33)19(34)30-12-5-7-13(8-6-12)35-21(27,28)29/h1-8,14-15,31H,9H2,(H,30,34)/t14-,15-/m1/s1. The van der Waals surface area contributed by atoms with Gasteiger partial charge in [-0.3, -0.25) is 4.79 Å². The van der Waals surface area contributed by atoms with Gasteiger partial charge in [-0.2, -0.15) is 18.3 Å². The second-order valence-electron chi connectivity index (χ2n) is 7.52. The number of carbonyl (C=O) groups excluding carboxylic acids is 1. The molecular formula is C21H14BrClF6N4O2. The van der Waals surface area contributed by atoms with Gasteiger partial charge in [0.05, 0.1) is 6.04 Å². The number of benzene rings is 2. The molecule has 0 saturated heterocycles. The van der Waals surface area contributed by atoms with Crippen LogP contribution < -0.4 is 15.4 Å². The minimum atomic E-state index is -4.88. The molecule has 6 nitrogen and oxygen atoms in total. The van der Waals surface area contributed by atoms with Crippen LogP contribution in [0.1, 0.15) is 34.6 Å². The average Bonchev–Trinajstić information content (AvgIpc) is 3.10. The zero-order chi connectivity index (χ0) is 25.5. The number of carbonyl (C=O) groups is 1. The van der Waals surface area contributed by atoms with Crippen molar-refractivity contribution in [2.24, 2.45) is 0 Å². The Hall–Kier alpha value is -2.93. The fourth-order valence-electron chi connectivity index (χ4n) is 3.58. The average molecular weight is 584 g/mol. The van der Waals surface area contributed by atoms with Crippen molar-refractivity contribution in [2.75, 3.05) is 10.6 Å². The molecule has 1 aromatic heterocycles. The Kier molecular flexibility index (Phi) is 6.66. The van der Waals surface area contributed by atoms with Crippen LogP contribution in [-0.2, 0) is 0 Å². The number of alkyl halides is 6. The van der Waals surface area contributed by atoms with E-state index in [2.05, 4.69) is 36.4 Å². The van der Waals surface area contributed by atoms with Crippen LogP contribution in [0.25, 0.3) is 0 Å². The van der Waals surface area contributed by atoms with Gasteiger partial charge in [0.2, 0.25) is 0 Å². The minimum Gasteiger partial charge on any atom is -0.406 e. The first-order valence-electron chi connectivity index (χ1n) is 9.85. The molecule has 1 aliphatic heterocycles. The number of halogens is 8. The molecule has 1 aliphatic rings. The number of nitrogens with zero attached hydrogens (tertiary/aromatic N) is 2. The highest BCUT2D eigenvalue weighted by Crippen LogP contribution is 2.46. The molecule has 3 aromatic rings. The summed E-state index contributed by atoms with van der Waals surface area (Å²) in [5, 5.41) is 8.76. The van der Waals surface area contributed by atoms with Crippen molar-refractivity contribution in [2.45, 2.75) is 31.0 Å². The van der Waals surface area contributed by atoms with Crippen molar-refractivity contribution in [1.29, 1.82) is 0 Å². The SMILES string of the molecule is O=C(Nc1ccc(OC(F)(F)F)cc1)c1nn2c(c1Cl)N[C@@H](c1ccc(Br)cc1)C[C@@H]2C(F)(F)F. The van der Waals surface area contributed by atoms with Crippen LogP contribution in [0.2, 0.25) is 5.02 Å². The largest absolute Gasteiger partial charge is 0.573 e. The molecule has 0 aliphatic carbocycles. The maximum Gasteiger partial charge on any atom is 0.573 e. The molecular weight excluding hydrogens is 570 g/mol. The fraction of sp³-hybridized carbons (Fsp3) is 0.238. The van der Waals surface area contributed by atoms with Gasteiger partial charge in [-0.05, 0) is 42.0 Å². The van der Waals surface area contributed by atoms with Gasteiger partial charge in [0.15, 0.2) is 11.7 Å². The second kappa shape index (κ2) is 9.26. The number of hydrogen-bond acceptors (Lipinski definition) is 4. The van der Waals surface area contributed by atoms with Gasteiger partial charge in [0.25, 0.3) is 5.91 Å². The van der Waals surface area contributed by atoms with Gasteiger partial charge in [0.1, 0.15) is 16.6 Å². The Morgan fingerprint density at radius 2 is 1.71 bits per heavy atom. The van der Waals surface area contributed by atoms with Crippen molar-refractivity contribution in [3.8, 4) is 5.75 Å². The van der Waals surface area contributed by atoms with Crippen LogP contribution in [-0.4, -0.2) is 28.2 Å². The van der Waals surface area contributed by atoms with E-state index in [0.717, 1.165) is 28.7 Å². The first-order valence-corrected chi connectivity index (χ1v) is 11.0. The lowest BCUT2D eigenvalue weighted by Gasteiger charge is -2.33. The van der Waals surface area contributed by atoms with E-state index in [9.17, 15) is 31.1 Å². The molecule has 2 atom stereocenters. The monoisotopic (exact) mass is 582 g/mol. The van der Waals surface area contributed by atoms with E-state index in [0.29, 0.717) is 10.2 Å². The van der Waals surface area contributed by atoms with Crippen LogP contribution in [0.5, 0.6) is 5.75 Å². The summed E-state index contributed by atoms with van der Waals surface area (Å²) in [5.74, 6) is -1.63. The van der Waals surface area contributed by atoms with Gasteiger partial charge in [0, 0.05) is 16.6 Å². The third-order valence-electron chi connectivity index (χ3n) is 5.13. The van der Waals surface area contributed by atoms with E-state index in [1.807, 2.05) is 0 Å². The number of ether oxygens (including phenoxy) is 1. The van der Waals surface area contributed by atoms with Gasteiger partial charge in [-0.25, -0.2) is 4.68 Å². The third-order valence-corrected chi connectivity index (χ3v) is 6.02. The first-order chi connectivity index (χ1) is 16.3. The van der Waals surface area contributed by atoms with Crippen LogP contribution in [0.4, 0.5) is 37.8 Å². The Bertz CT molecular complexity index is 1230. The quantitative estimate of drug-likeness (QED) is 0.321. The van der Waals surface area contributed by atoms with Crippen molar-refractivity contribution in [3.63, 3.8) is 0 Å².